The second-order valence-electron chi connectivity index (χ2n) is 6.34. The minimum Gasteiger partial charge on any atom is -0.390 e. The number of carbonyl (C=O) groups is 1. The molecular weight excluding hydrogens is 294 g/mol. The van der Waals surface area contributed by atoms with E-state index in [-0.39, 0.29) is 5.91 Å². The average Bonchev–Trinajstić information content (AvgIpc) is 2.77. The highest BCUT2D eigenvalue weighted by Gasteiger charge is 2.25. The molecule has 2 fully saturated rings. The second-order valence-corrected chi connectivity index (χ2v) is 6.34. The number of rotatable bonds is 3. The van der Waals surface area contributed by atoms with Crippen LogP contribution in [0.4, 0.5) is 5.82 Å². The van der Waals surface area contributed by atoms with Gasteiger partial charge in [-0.15, -0.1) is 0 Å². The van der Waals surface area contributed by atoms with Gasteiger partial charge in [-0.2, -0.15) is 0 Å². The van der Waals surface area contributed by atoms with Crippen LogP contribution in [-0.2, 0) is 4.79 Å². The summed E-state index contributed by atoms with van der Waals surface area (Å²) in [5.41, 5.74) is 0. The molecule has 2 aliphatic heterocycles. The highest BCUT2D eigenvalue weighted by molar-refractivity contribution is 5.78. The first-order valence-electron chi connectivity index (χ1n) is 8.41. The van der Waals surface area contributed by atoms with E-state index in [0.29, 0.717) is 19.6 Å². The monoisotopic (exact) mass is 319 g/mol. The van der Waals surface area contributed by atoms with E-state index >= 15 is 0 Å². The molecule has 7 heteroatoms. The van der Waals surface area contributed by atoms with Crippen molar-refractivity contribution in [2.75, 3.05) is 50.7 Å². The van der Waals surface area contributed by atoms with E-state index in [1.165, 1.54) is 6.42 Å². The molecule has 0 spiro atoms. The molecule has 1 atom stereocenters. The Hall–Kier alpha value is -1.73. The first kappa shape index (κ1) is 16.1. The van der Waals surface area contributed by atoms with Crippen molar-refractivity contribution < 1.29 is 9.90 Å². The Balaban J connectivity index is 1.56. The van der Waals surface area contributed by atoms with Crippen molar-refractivity contribution in [2.24, 2.45) is 0 Å². The number of hydrogen-bond donors (Lipinski definition) is 1. The number of aliphatic hydroxyl groups is 1. The number of nitrogens with zero attached hydrogens (tertiary/aromatic N) is 5. The molecule has 2 saturated heterocycles. The fourth-order valence-corrected chi connectivity index (χ4v) is 3.30. The Kier molecular flexibility index (Phi) is 5.40. The summed E-state index contributed by atoms with van der Waals surface area (Å²) < 4.78 is 0. The van der Waals surface area contributed by atoms with Crippen LogP contribution in [0.15, 0.2) is 18.6 Å². The maximum atomic E-state index is 12.4. The molecule has 1 aromatic heterocycles. The van der Waals surface area contributed by atoms with Gasteiger partial charge in [0.05, 0.1) is 18.8 Å². The zero-order chi connectivity index (χ0) is 16.1. The van der Waals surface area contributed by atoms with Crippen LogP contribution in [-0.4, -0.2) is 82.7 Å². The number of hydrogen-bond acceptors (Lipinski definition) is 6. The minimum atomic E-state index is -0.492. The van der Waals surface area contributed by atoms with E-state index in [1.807, 2.05) is 9.80 Å². The topological polar surface area (TPSA) is 72.8 Å². The molecule has 0 radical (unpaired) electrons. The van der Waals surface area contributed by atoms with E-state index in [9.17, 15) is 9.90 Å². The predicted molar refractivity (Wildman–Crippen MR) is 87.1 cm³/mol. The number of carbonyl (C=O) groups excluding carboxylic acids is 1. The molecule has 7 nitrogen and oxygen atoms in total. The molecule has 2 aliphatic rings. The first-order valence-corrected chi connectivity index (χ1v) is 8.41. The molecule has 0 saturated carbocycles. The third kappa shape index (κ3) is 4.39. The van der Waals surface area contributed by atoms with E-state index < -0.39 is 6.10 Å². The number of aromatic nitrogens is 2. The van der Waals surface area contributed by atoms with E-state index in [1.54, 1.807) is 18.6 Å². The Labute approximate surface area is 136 Å². The Morgan fingerprint density at radius 3 is 2.70 bits per heavy atom. The van der Waals surface area contributed by atoms with Crippen LogP contribution in [0.2, 0.25) is 0 Å². The number of likely N-dealkylation sites (tertiary alicyclic amines) is 1. The van der Waals surface area contributed by atoms with Crippen molar-refractivity contribution in [3.63, 3.8) is 0 Å². The summed E-state index contributed by atoms with van der Waals surface area (Å²) in [4.78, 5) is 26.8. The van der Waals surface area contributed by atoms with Gasteiger partial charge in [0.2, 0.25) is 5.91 Å². The van der Waals surface area contributed by atoms with Crippen molar-refractivity contribution >= 4 is 11.7 Å². The van der Waals surface area contributed by atoms with E-state index in [2.05, 4.69) is 14.9 Å². The maximum Gasteiger partial charge on any atom is 0.236 e. The summed E-state index contributed by atoms with van der Waals surface area (Å²) >= 11 is 0. The first-order chi connectivity index (χ1) is 11.2. The fraction of sp³-hybridized carbons (Fsp3) is 0.688. The quantitative estimate of drug-likeness (QED) is 0.844. The molecule has 1 aromatic rings. The minimum absolute atomic E-state index is 0.185. The lowest BCUT2D eigenvalue weighted by Crippen LogP contribution is -2.44. The fourth-order valence-electron chi connectivity index (χ4n) is 3.30. The highest BCUT2D eigenvalue weighted by Crippen LogP contribution is 2.13. The maximum absolute atomic E-state index is 12.4. The van der Waals surface area contributed by atoms with E-state index in [4.69, 9.17) is 0 Å². The summed E-state index contributed by atoms with van der Waals surface area (Å²) in [6, 6.07) is 0. The van der Waals surface area contributed by atoms with Crippen LogP contribution in [0, 0.1) is 0 Å². The molecule has 23 heavy (non-hydrogen) atoms. The largest absolute Gasteiger partial charge is 0.390 e. The van der Waals surface area contributed by atoms with Gasteiger partial charge in [0.15, 0.2) is 0 Å². The lowest BCUT2D eigenvalue weighted by molar-refractivity contribution is -0.133. The standard InChI is InChI=1S/C16H25N5O2/c22-14-11-19(13-16(23)20-6-2-1-3-7-20)8-9-21(12-14)15-10-17-4-5-18-15/h4-5,10,14,22H,1-3,6-9,11-13H2. The summed E-state index contributed by atoms with van der Waals surface area (Å²) in [5.74, 6) is 0.959. The van der Waals surface area contributed by atoms with Crippen molar-refractivity contribution in [1.29, 1.82) is 0 Å². The molecule has 0 bridgehead atoms. The molecule has 1 amide bonds. The van der Waals surface area contributed by atoms with Gasteiger partial charge in [0, 0.05) is 51.7 Å². The molecule has 126 valence electrons. The van der Waals surface area contributed by atoms with Gasteiger partial charge >= 0.3 is 0 Å². The average molecular weight is 319 g/mol. The Morgan fingerprint density at radius 1 is 1.13 bits per heavy atom. The van der Waals surface area contributed by atoms with Crippen LogP contribution in [0.1, 0.15) is 19.3 Å². The number of β-amino-alcohol motifs (C(OH)–C–C–N with tert-alkyl or cyclic N) is 1. The molecular formula is C16H25N5O2. The highest BCUT2D eigenvalue weighted by atomic mass is 16.3. The molecule has 1 unspecified atom stereocenters. The van der Waals surface area contributed by atoms with Crippen molar-refractivity contribution in [3.05, 3.63) is 18.6 Å². The molecule has 0 aromatic carbocycles. The Bertz CT molecular complexity index is 506. The normalized spacial score (nSPS) is 23.6. The summed E-state index contributed by atoms with van der Waals surface area (Å²) in [6.45, 7) is 4.67. The zero-order valence-electron chi connectivity index (χ0n) is 13.5. The predicted octanol–water partition coefficient (Wildman–Crippen LogP) is -0.0280. The second kappa shape index (κ2) is 7.70. The number of aliphatic hydroxyl groups excluding tert-OH is 1. The SMILES string of the molecule is O=C(CN1CCN(c2cnccn2)CC(O)C1)N1CCCCC1. The van der Waals surface area contributed by atoms with Gasteiger partial charge in [0.25, 0.3) is 0 Å². The molecule has 3 heterocycles. The van der Waals surface area contributed by atoms with Gasteiger partial charge in [-0.05, 0) is 19.3 Å². The zero-order valence-corrected chi connectivity index (χ0v) is 13.5. The summed E-state index contributed by atoms with van der Waals surface area (Å²) in [5, 5.41) is 10.3. The molecule has 0 aliphatic carbocycles. The van der Waals surface area contributed by atoms with Crippen LogP contribution >= 0.6 is 0 Å². The van der Waals surface area contributed by atoms with Gasteiger partial charge in [0.1, 0.15) is 5.82 Å². The van der Waals surface area contributed by atoms with Crippen LogP contribution in [0.3, 0.4) is 0 Å². The number of amides is 1. The molecule has 1 N–H and O–H groups in total. The molecule has 3 rings (SSSR count). The summed E-state index contributed by atoms with van der Waals surface area (Å²) in [7, 11) is 0. The van der Waals surface area contributed by atoms with Crippen LogP contribution < -0.4 is 4.90 Å². The van der Waals surface area contributed by atoms with Crippen LogP contribution in [0.5, 0.6) is 0 Å². The van der Waals surface area contributed by atoms with Gasteiger partial charge < -0.3 is 14.9 Å². The smallest absolute Gasteiger partial charge is 0.236 e. The van der Waals surface area contributed by atoms with E-state index in [0.717, 1.165) is 44.8 Å². The third-order valence-corrected chi connectivity index (χ3v) is 4.53. The van der Waals surface area contributed by atoms with Gasteiger partial charge in [-0.3, -0.25) is 14.7 Å². The summed E-state index contributed by atoms with van der Waals surface area (Å²) in [6.07, 6.45) is 7.95. The lowest BCUT2D eigenvalue weighted by Gasteiger charge is -2.29. The Morgan fingerprint density at radius 2 is 1.96 bits per heavy atom. The third-order valence-electron chi connectivity index (χ3n) is 4.53. The number of piperidine rings is 1. The van der Waals surface area contributed by atoms with Gasteiger partial charge in [-0.25, -0.2) is 4.98 Å². The van der Waals surface area contributed by atoms with Crippen molar-refractivity contribution in [2.45, 2.75) is 25.4 Å². The van der Waals surface area contributed by atoms with Crippen molar-refractivity contribution in [1.82, 2.24) is 19.8 Å². The lowest BCUT2D eigenvalue weighted by atomic mass is 10.1. The van der Waals surface area contributed by atoms with Crippen LogP contribution in [0.25, 0.3) is 0 Å². The van der Waals surface area contributed by atoms with Gasteiger partial charge in [-0.1, -0.05) is 0 Å². The van der Waals surface area contributed by atoms with Crippen molar-refractivity contribution in [3.8, 4) is 0 Å². The number of anilines is 1.